The second-order valence-electron chi connectivity index (χ2n) is 13.3. The van der Waals surface area contributed by atoms with Gasteiger partial charge in [0.2, 0.25) is 0 Å². The fourth-order valence-electron chi connectivity index (χ4n) is 6.86. The molecule has 0 aromatic heterocycles. The summed E-state index contributed by atoms with van der Waals surface area (Å²) in [6, 6.07) is 16.8. The lowest BCUT2D eigenvalue weighted by atomic mass is 9.70. The highest BCUT2D eigenvalue weighted by Gasteiger charge is 2.52. The molecule has 0 unspecified atom stereocenters. The zero-order valence-electron chi connectivity index (χ0n) is 26.6. The van der Waals surface area contributed by atoms with Crippen molar-refractivity contribution < 1.29 is 18.8 Å². The number of benzene rings is 3. The third-order valence-electron chi connectivity index (χ3n) is 10.4. The molecule has 0 spiro atoms. The maximum Gasteiger partial charge on any atom is 0.495 e. The van der Waals surface area contributed by atoms with Crippen LogP contribution in [-0.2, 0) is 20.6 Å². The topological polar surface area (TPSA) is 77.3 Å². The summed E-state index contributed by atoms with van der Waals surface area (Å²) >= 11 is 0. The Hall–Kier alpha value is -3.33. The third-order valence-corrected chi connectivity index (χ3v) is 10.4. The Bertz CT molecular complexity index is 1500. The van der Waals surface area contributed by atoms with Crippen molar-refractivity contribution in [2.45, 2.75) is 72.1 Å². The van der Waals surface area contributed by atoms with Crippen molar-refractivity contribution in [2.75, 3.05) is 38.5 Å². The van der Waals surface area contributed by atoms with E-state index in [0.717, 1.165) is 41.9 Å². The van der Waals surface area contributed by atoms with E-state index in [-0.39, 0.29) is 12.0 Å². The number of carbonyl (C=O) groups excluding carboxylic acids is 1. The Morgan fingerprint density at radius 1 is 0.860 bits per heavy atom. The van der Waals surface area contributed by atoms with Gasteiger partial charge in [0.15, 0.2) is 0 Å². The molecular formula is C35H44BN3O4. The minimum Gasteiger partial charge on any atom is -0.448 e. The fraction of sp³-hybridized carbons (Fsp3) is 0.457. The number of carbonyl (C=O) groups is 1. The summed E-state index contributed by atoms with van der Waals surface area (Å²) in [6.45, 7) is 18.5. The van der Waals surface area contributed by atoms with Crippen LogP contribution in [-0.4, -0.2) is 67.0 Å². The van der Waals surface area contributed by atoms with Crippen molar-refractivity contribution in [2.24, 2.45) is 0 Å². The second kappa shape index (κ2) is 11.0. The molecule has 2 N–H and O–H groups in total. The largest absolute Gasteiger partial charge is 0.495 e. The van der Waals surface area contributed by atoms with Crippen molar-refractivity contribution in [3.8, 4) is 11.1 Å². The van der Waals surface area contributed by atoms with E-state index >= 15 is 0 Å². The number of piperazine rings is 1. The molecule has 7 nitrogen and oxygen atoms in total. The highest BCUT2D eigenvalue weighted by atomic mass is 16.7. The van der Waals surface area contributed by atoms with E-state index in [1.807, 2.05) is 4.90 Å². The Kier molecular flexibility index (Phi) is 7.60. The predicted molar refractivity (Wildman–Crippen MR) is 173 cm³/mol. The molecule has 2 aliphatic heterocycles. The molecule has 43 heavy (non-hydrogen) atoms. The van der Waals surface area contributed by atoms with Crippen molar-refractivity contribution in [1.29, 1.82) is 0 Å². The number of ether oxygens (including phenoxy) is 1. The van der Waals surface area contributed by atoms with Crippen LogP contribution in [0.1, 0.15) is 67.0 Å². The number of hydrogen-bond acceptors (Lipinski definition) is 6. The molecule has 226 valence electrons. The Morgan fingerprint density at radius 3 is 1.95 bits per heavy atom. The first-order valence-corrected chi connectivity index (χ1v) is 15.5. The van der Waals surface area contributed by atoms with Gasteiger partial charge in [-0.1, -0.05) is 48.5 Å². The first-order chi connectivity index (χ1) is 20.4. The van der Waals surface area contributed by atoms with Gasteiger partial charge in [-0.3, -0.25) is 4.90 Å². The minimum absolute atomic E-state index is 0.0637. The van der Waals surface area contributed by atoms with E-state index < -0.39 is 18.3 Å². The molecule has 1 aliphatic carbocycles. The molecule has 2 fully saturated rings. The van der Waals surface area contributed by atoms with Crippen molar-refractivity contribution in [1.82, 2.24) is 9.80 Å². The first kappa shape index (κ1) is 29.7. The highest BCUT2D eigenvalue weighted by Crippen LogP contribution is 2.44. The van der Waals surface area contributed by atoms with Crippen LogP contribution in [0.4, 0.5) is 10.5 Å². The summed E-state index contributed by atoms with van der Waals surface area (Å²) < 4.78 is 18.8. The van der Waals surface area contributed by atoms with Crippen LogP contribution in [0, 0.1) is 20.8 Å². The Labute approximate surface area is 256 Å². The molecule has 0 radical (unpaired) electrons. The van der Waals surface area contributed by atoms with Gasteiger partial charge < -0.3 is 24.7 Å². The summed E-state index contributed by atoms with van der Waals surface area (Å²) in [5, 5.41) is 0. The molecule has 8 heteroatoms. The fourth-order valence-corrected chi connectivity index (χ4v) is 6.86. The SMILES string of the molecule is Cc1c(N)c(C)c(B2OC(C)(C)C(C)(C)O2)c(C)c1CN1CCN(C(=O)OCC2c3ccccc3-c3ccccc32)CC1. The molecule has 2 saturated heterocycles. The Balaban J connectivity index is 1.10. The van der Waals surface area contributed by atoms with Crippen molar-refractivity contribution in [3.63, 3.8) is 0 Å². The lowest BCUT2D eigenvalue weighted by Gasteiger charge is -2.35. The molecule has 6 rings (SSSR count). The molecule has 0 bridgehead atoms. The van der Waals surface area contributed by atoms with Crippen LogP contribution in [0.2, 0.25) is 0 Å². The molecule has 2 heterocycles. The molecular weight excluding hydrogens is 537 g/mol. The highest BCUT2D eigenvalue weighted by molar-refractivity contribution is 6.63. The van der Waals surface area contributed by atoms with E-state index in [2.05, 4.69) is 102 Å². The number of nitrogens with zero attached hydrogens (tertiary/aromatic N) is 2. The van der Waals surface area contributed by atoms with Crippen LogP contribution in [0.5, 0.6) is 0 Å². The summed E-state index contributed by atoms with van der Waals surface area (Å²) in [5.41, 5.74) is 17.1. The van der Waals surface area contributed by atoms with Gasteiger partial charge in [0.05, 0.1) is 11.2 Å². The lowest BCUT2D eigenvalue weighted by molar-refractivity contribution is 0.00578. The number of hydrogen-bond donors (Lipinski definition) is 1. The molecule has 3 aromatic rings. The van der Waals surface area contributed by atoms with E-state index in [1.54, 1.807) is 0 Å². The average Bonchev–Trinajstić information content (AvgIpc) is 3.41. The molecule has 3 aliphatic rings. The summed E-state index contributed by atoms with van der Waals surface area (Å²) in [5.74, 6) is 0.0637. The molecule has 1 amide bonds. The van der Waals surface area contributed by atoms with Gasteiger partial charge in [-0.05, 0) is 98.4 Å². The number of nitrogens with two attached hydrogens (primary N) is 1. The van der Waals surface area contributed by atoms with Gasteiger partial charge in [-0.2, -0.15) is 0 Å². The zero-order chi connectivity index (χ0) is 30.7. The standard InChI is InChI=1S/C35H44BN3O4/c1-22-29(23(2)32(37)24(3)31(22)36-42-34(4,5)35(6,7)43-36)20-38-16-18-39(19-17-38)33(40)41-21-30-27-14-10-8-12-25(27)26-13-9-11-15-28(26)30/h8-15,30H,16-21,37H2,1-7H3. The quantitative estimate of drug-likeness (QED) is 0.314. The van der Waals surface area contributed by atoms with Crippen molar-refractivity contribution >= 4 is 24.4 Å². The van der Waals surface area contributed by atoms with Gasteiger partial charge >= 0.3 is 13.2 Å². The first-order valence-electron chi connectivity index (χ1n) is 15.5. The monoisotopic (exact) mass is 581 g/mol. The lowest BCUT2D eigenvalue weighted by Crippen LogP contribution is -2.49. The normalized spacial score (nSPS) is 19.4. The van der Waals surface area contributed by atoms with Crippen LogP contribution >= 0.6 is 0 Å². The van der Waals surface area contributed by atoms with Gasteiger partial charge in [0.1, 0.15) is 6.61 Å². The number of anilines is 1. The third kappa shape index (κ3) is 5.13. The van der Waals surface area contributed by atoms with E-state index in [4.69, 9.17) is 19.8 Å². The smallest absolute Gasteiger partial charge is 0.448 e. The van der Waals surface area contributed by atoms with E-state index in [0.29, 0.717) is 19.7 Å². The molecule has 3 aromatic carbocycles. The number of rotatable bonds is 5. The predicted octanol–water partition coefficient (Wildman–Crippen LogP) is 5.56. The van der Waals surface area contributed by atoms with Gasteiger partial charge in [-0.15, -0.1) is 0 Å². The maximum absolute atomic E-state index is 13.2. The number of nitrogen functional groups attached to an aromatic ring is 1. The number of amides is 1. The minimum atomic E-state index is -0.461. The van der Waals surface area contributed by atoms with Gasteiger partial charge in [0.25, 0.3) is 0 Å². The van der Waals surface area contributed by atoms with Crippen LogP contribution < -0.4 is 11.2 Å². The average molecular weight is 582 g/mol. The molecule has 0 saturated carbocycles. The van der Waals surface area contributed by atoms with Crippen LogP contribution in [0.3, 0.4) is 0 Å². The van der Waals surface area contributed by atoms with Crippen LogP contribution in [0.25, 0.3) is 11.1 Å². The van der Waals surface area contributed by atoms with E-state index in [1.165, 1.54) is 33.4 Å². The summed E-state index contributed by atoms with van der Waals surface area (Å²) in [4.78, 5) is 17.4. The maximum atomic E-state index is 13.2. The van der Waals surface area contributed by atoms with E-state index in [9.17, 15) is 4.79 Å². The second-order valence-corrected chi connectivity index (χ2v) is 13.3. The summed E-state index contributed by atoms with van der Waals surface area (Å²) in [6.07, 6.45) is -0.239. The summed E-state index contributed by atoms with van der Waals surface area (Å²) in [7, 11) is -0.461. The molecule has 0 atom stereocenters. The van der Waals surface area contributed by atoms with Crippen LogP contribution in [0.15, 0.2) is 48.5 Å². The van der Waals surface area contributed by atoms with Gasteiger partial charge in [-0.25, -0.2) is 4.79 Å². The Morgan fingerprint density at radius 2 is 1.40 bits per heavy atom. The number of fused-ring (bicyclic) bond motifs is 3. The zero-order valence-corrected chi connectivity index (χ0v) is 26.6. The van der Waals surface area contributed by atoms with Gasteiger partial charge in [0, 0.05) is 44.3 Å². The van der Waals surface area contributed by atoms with Crippen molar-refractivity contribution in [3.05, 3.63) is 81.9 Å².